The van der Waals surface area contributed by atoms with Gasteiger partial charge in [0.15, 0.2) is 39.6 Å². The van der Waals surface area contributed by atoms with Gasteiger partial charge in [-0.05, 0) is 13.0 Å². The number of aromatic hydroxyl groups is 9. The number of nitrogens with zero attached hydrogens (tertiary/aromatic N) is 1. The Kier molecular flexibility index (Phi) is 7.83. The maximum atomic E-state index is 12.4. The summed E-state index contributed by atoms with van der Waals surface area (Å²) in [6, 6.07) is 0. The van der Waals surface area contributed by atoms with Crippen molar-refractivity contribution in [2.45, 2.75) is 18.0 Å². The van der Waals surface area contributed by atoms with E-state index in [0.717, 1.165) is 16.7 Å². The molecule has 18 nitrogen and oxygen atoms in total. The van der Waals surface area contributed by atoms with E-state index in [0.29, 0.717) is 0 Å². The van der Waals surface area contributed by atoms with Crippen LogP contribution in [0.15, 0.2) is 5.38 Å². The normalized spacial score (nSPS) is 12.0. The van der Waals surface area contributed by atoms with E-state index in [4.69, 9.17) is 5.73 Å². The first kappa shape index (κ1) is 29.9. The first-order valence-electron chi connectivity index (χ1n) is 10.7. The Morgan fingerprint density at radius 1 is 0.800 bits per heavy atom. The number of anilines is 2. The third-order valence-electron chi connectivity index (χ3n) is 5.62. The average Bonchev–Trinajstić information content (AvgIpc) is 3.34. The topological polar surface area (TPSA) is 343 Å². The molecule has 1 amide bonds. The highest BCUT2D eigenvalue weighted by Crippen LogP contribution is 2.53. The molecule has 3 rings (SSSR count). The number of nitrogens with two attached hydrogens (primary N) is 1. The summed E-state index contributed by atoms with van der Waals surface area (Å²) in [6.07, 6.45) is -0.400. The first-order chi connectivity index (χ1) is 18.4. The molecule has 0 radical (unpaired) electrons. The summed E-state index contributed by atoms with van der Waals surface area (Å²) < 4.78 is 0. The number of hydrogen-bond donors (Lipinski definition) is 16. The van der Waals surface area contributed by atoms with E-state index in [1.807, 2.05) is 0 Å². The number of carbonyl (C=O) groups is 1. The molecular formula is C21H24N4O14S. The number of phenolic OH excluding ortho intramolecular Hbond substituents is 9. The van der Waals surface area contributed by atoms with Gasteiger partial charge in [0, 0.05) is 10.9 Å². The third-order valence-corrected chi connectivity index (χ3v) is 6.30. The van der Waals surface area contributed by atoms with Gasteiger partial charge in [-0.1, -0.05) is 0 Å². The Bertz CT molecular complexity index is 1410. The maximum absolute atomic E-state index is 12.4. The highest BCUT2D eigenvalue weighted by atomic mass is 32.1. The highest BCUT2D eigenvalue weighted by molar-refractivity contribution is 7.13. The lowest BCUT2D eigenvalue weighted by Gasteiger charge is -2.26. The van der Waals surface area contributed by atoms with Crippen LogP contribution < -0.4 is 16.4 Å². The summed E-state index contributed by atoms with van der Waals surface area (Å²) >= 11 is 0.750. The number of carbonyl (C=O) groups excluding carboxylic acids is 1. The van der Waals surface area contributed by atoms with Crippen molar-refractivity contribution in [3.8, 4) is 51.7 Å². The monoisotopic (exact) mass is 588 g/mol. The zero-order chi connectivity index (χ0) is 30.3. The molecule has 0 atom stereocenters. The van der Waals surface area contributed by atoms with Crippen LogP contribution >= 0.6 is 11.3 Å². The van der Waals surface area contributed by atoms with Gasteiger partial charge in [-0.25, -0.2) is 4.98 Å². The molecule has 0 saturated heterocycles. The fourth-order valence-corrected chi connectivity index (χ4v) is 4.10. The molecule has 3 aromatic rings. The molecule has 40 heavy (non-hydrogen) atoms. The molecule has 1 aromatic heterocycles. The van der Waals surface area contributed by atoms with Crippen LogP contribution in [0.3, 0.4) is 0 Å². The van der Waals surface area contributed by atoms with Crippen molar-refractivity contribution >= 4 is 28.1 Å². The van der Waals surface area contributed by atoms with Crippen molar-refractivity contribution < 1.29 is 71.2 Å². The Hall–Kier alpha value is -4.66. The molecule has 17 N–H and O–H groups in total. The molecule has 0 bridgehead atoms. The van der Waals surface area contributed by atoms with Crippen LogP contribution in [0.1, 0.15) is 16.8 Å². The van der Waals surface area contributed by atoms with E-state index in [1.165, 1.54) is 0 Å². The predicted octanol–water partition coefficient (Wildman–Crippen LogP) is -2.18. The van der Waals surface area contributed by atoms with Gasteiger partial charge in [-0.15, -0.1) is 11.3 Å². The highest BCUT2D eigenvalue weighted by Gasteiger charge is 2.42. The summed E-state index contributed by atoms with van der Waals surface area (Å²) in [5, 5.41) is 136. The molecule has 0 spiro atoms. The minimum atomic E-state index is -3.35. The van der Waals surface area contributed by atoms with Crippen molar-refractivity contribution in [2.24, 2.45) is 0 Å². The van der Waals surface area contributed by atoms with E-state index in [9.17, 15) is 71.2 Å². The lowest BCUT2D eigenvalue weighted by Crippen LogP contribution is -2.40. The smallest absolute Gasteiger partial charge is 0.291 e. The minimum Gasteiger partial charge on any atom is -0.504 e. The summed E-state index contributed by atoms with van der Waals surface area (Å²) in [4.78, 5) is 15.9. The molecule has 2 aromatic carbocycles. The third kappa shape index (κ3) is 5.14. The number of rotatable bonds is 9. The number of hydrogen-bond acceptors (Lipinski definition) is 18. The van der Waals surface area contributed by atoms with Crippen LogP contribution in [0.4, 0.5) is 10.8 Å². The van der Waals surface area contributed by atoms with Crippen molar-refractivity contribution in [2.75, 3.05) is 24.1 Å². The van der Waals surface area contributed by atoms with Gasteiger partial charge in [0.25, 0.3) is 11.7 Å². The molecule has 1 heterocycles. The van der Waals surface area contributed by atoms with Gasteiger partial charge < -0.3 is 82.8 Å². The lowest BCUT2D eigenvalue weighted by atomic mass is 10.00. The zero-order valence-corrected chi connectivity index (χ0v) is 20.7. The fraction of sp³-hybridized carbons (Fsp3) is 0.238. The second kappa shape index (κ2) is 10.5. The van der Waals surface area contributed by atoms with E-state index in [1.54, 1.807) is 5.32 Å². The van der Waals surface area contributed by atoms with Gasteiger partial charge in [0.05, 0.1) is 6.54 Å². The standard InChI is InChI=1S/C21H24N4O14S/c22-19-24-6(3-40-19)21(38,39)18(35)25-8-13(30)11(28)7(12(29)14(8)31)20(36,37)4-23-2-1-5-9(26)15(32)17(34)16(33)10(5)27/h3,23,26-34,36-39H,1-2,4H2,(H2,22,24)(H,25,35). The zero-order valence-electron chi connectivity index (χ0n) is 19.9. The molecular weight excluding hydrogens is 564 g/mol. The number of aliphatic hydroxyl groups is 4. The quantitative estimate of drug-likeness (QED) is 0.0546. The van der Waals surface area contributed by atoms with Crippen LogP contribution in [0.25, 0.3) is 0 Å². The number of thiazole rings is 1. The molecule has 0 aliphatic heterocycles. The van der Waals surface area contributed by atoms with Gasteiger partial charge in [0.2, 0.25) is 23.0 Å². The summed E-state index contributed by atoms with van der Waals surface area (Å²) in [5.41, 5.74) is 1.89. The van der Waals surface area contributed by atoms with E-state index in [2.05, 4.69) is 10.3 Å². The van der Waals surface area contributed by atoms with Crippen molar-refractivity contribution in [1.29, 1.82) is 0 Å². The number of phenols is 9. The van der Waals surface area contributed by atoms with E-state index in [-0.39, 0.29) is 11.7 Å². The summed E-state index contributed by atoms with van der Waals surface area (Å²) in [6.45, 7) is -1.32. The van der Waals surface area contributed by atoms with Crippen molar-refractivity contribution in [3.63, 3.8) is 0 Å². The van der Waals surface area contributed by atoms with E-state index < -0.39 is 105 Å². The molecule has 0 fully saturated rings. The van der Waals surface area contributed by atoms with Gasteiger partial charge in [0.1, 0.15) is 16.9 Å². The molecule has 0 aliphatic rings. The number of aromatic nitrogens is 1. The maximum Gasteiger partial charge on any atom is 0.291 e. The Labute approximate surface area is 226 Å². The average molecular weight is 589 g/mol. The van der Waals surface area contributed by atoms with Crippen molar-refractivity contribution in [1.82, 2.24) is 10.3 Å². The van der Waals surface area contributed by atoms with Gasteiger partial charge in [-0.3, -0.25) is 4.79 Å². The SMILES string of the molecule is Nc1nc(C(O)(O)C(=O)Nc2c(O)c(O)c(C(O)(O)CNCCc3c(O)c(O)c(O)c(O)c3O)c(O)c2O)cs1. The Morgan fingerprint density at radius 2 is 1.30 bits per heavy atom. The minimum absolute atomic E-state index is 0.135. The van der Waals surface area contributed by atoms with Gasteiger partial charge in [-0.2, -0.15) is 0 Å². The van der Waals surface area contributed by atoms with Crippen LogP contribution in [0.2, 0.25) is 0 Å². The van der Waals surface area contributed by atoms with Crippen molar-refractivity contribution in [3.05, 3.63) is 22.2 Å². The molecule has 19 heteroatoms. The molecule has 0 aliphatic carbocycles. The Balaban J connectivity index is 1.81. The number of amides is 1. The molecule has 218 valence electrons. The van der Waals surface area contributed by atoms with Gasteiger partial charge >= 0.3 is 0 Å². The van der Waals surface area contributed by atoms with E-state index >= 15 is 0 Å². The lowest BCUT2D eigenvalue weighted by molar-refractivity contribution is -0.185. The number of nitrogen functional groups attached to an aromatic ring is 1. The van der Waals surface area contributed by atoms with Crippen LogP contribution in [-0.4, -0.2) is 90.4 Å². The molecule has 0 unspecified atom stereocenters. The second-order valence-electron chi connectivity index (χ2n) is 8.31. The Morgan fingerprint density at radius 3 is 1.77 bits per heavy atom. The van der Waals surface area contributed by atoms with Crippen LogP contribution in [0.5, 0.6) is 51.7 Å². The largest absolute Gasteiger partial charge is 0.504 e. The molecule has 0 saturated carbocycles. The predicted molar refractivity (Wildman–Crippen MR) is 132 cm³/mol. The second-order valence-corrected chi connectivity index (χ2v) is 9.20. The van der Waals surface area contributed by atoms with Crippen LogP contribution in [-0.2, 0) is 22.8 Å². The van der Waals surface area contributed by atoms with Crippen LogP contribution in [0, 0.1) is 0 Å². The number of nitrogens with one attached hydrogen (secondary N) is 2. The summed E-state index contributed by atoms with van der Waals surface area (Å²) in [7, 11) is 0. The summed E-state index contributed by atoms with van der Waals surface area (Å²) in [5.74, 6) is -19.5. The first-order valence-corrected chi connectivity index (χ1v) is 11.6. The fourth-order valence-electron chi connectivity index (χ4n) is 3.50. The number of benzene rings is 2.